The van der Waals surface area contributed by atoms with Gasteiger partial charge >= 0.3 is 11.7 Å². The lowest BCUT2D eigenvalue weighted by atomic mass is 10.1. The van der Waals surface area contributed by atoms with Gasteiger partial charge in [-0.2, -0.15) is 0 Å². The van der Waals surface area contributed by atoms with Gasteiger partial charge < -0.3 is 10.5 Å². The van der Waals surface area contributed by atoms with Crippen LogP contribution in [-0.4, -0.2) is 32.4 Å². The average Bonchev–Trinajstić information content (AvgIpc) is 2.79. The van der Waals surface area contributed by atoms with Gasteiger partial charge in [0, 0.05) is 18.1 Å². The Morgan fingerprint density at radius 1 is 1.15 bits per heavy atom. The summed E-state index contributed by atoms with van der Waals surface area (Å²) in [5.74, 6) is -2.52. The minimum absolute atomic E-state index is 0.00331. The first-order valence-electron chi connectivity index (χ1n) is 9.39. The minimum atomic E-state index is -1.17. The Kier molecular flexibility index (Phi) is 6.73. The van der Waals surface area contributed by atoms with Gasteiger partial charge in [0.25, 0.3) is 11.2 Å². The summed E-state index contributed by atoms with van der Waals surface area (Å²) in [7, 11) is 1.19. The zero-order valence-electron chi connectivity index (χ0n) is 17.2. The molecule has 0 radical (unpaired) electrons. The molecule has 1 aromatic heterocycles. The summed E-state index contributed by atoms with van der Waals surface area (Å²) < 4.78 is 6.66. The van der Waals surface area contributed by atoms with Gasteiger partial charge in [0.15, 0.2) is 6.61 Å². The van der Waals surface area contributed by atoms with Crippen LogP contribution in [0.25, 0.3) is 0 Å². The van der Waals surface area contributed by atoms with E-state index in [1.165, 1.54) is 13.1 Å². The van der Waals surface area contributed by atoms with Crippen LogP contribution in [0.15, 0.2) is 58.1 Å². The van der Waals surface area contributed by atoms with Gasteiger partial charge in [-0.3, -0.25) is 28.8 Å². The molecule has 0 spiro atoms. The molecule has 3 aromatic rings. The molecule has 0 atom stereocenters. The number of rotatable bonds is 7. The summed E-state index contributed by atoms with van der Waals surface area (Å²) >= 11 is 5.72. The molecule has 3 rings (SSSR count). The molecular weight excluding hydrogens is 456 g/mol. The van der Waals surface area contributed by atoms with E-state index < -0.39 is 51.3 Å². The predicted octanol–water partition coefficient (Wildman–Crippen LogP) is 1.78. The summed E-state index contributed by atoms with van der Waals surface area (Å²) in [4.78, 5) is 60.5. The van der Waals surface area contributed by atoms with Crippen molar-refractivity contribution >= 4 is 34.9 Å². The number of Topliss-reactive ketones (excluding diaryl/α,β-unsaturated/α-hetero) is 1. The molecule has 12 heteroatoms. The molecule has 0 aliphatic carbocycles. The number of anilines is 1. The van der Waals surface area contributed by atoms with Gasteiger partial charge in [-0.25, -0.2) is 9.59 Å². The number of ketones is 1. The largest absolute Gasteiger partial charge is 0.453 e. The van der Waals surface area contributed by atoms with E-state index >= 15 is 0 Å². The summed E-state index contributed by atoms with van der Waals surface area (Å²) in [5, 5.41) is 11.2. The van der Waals surface area contributed by atoms with Gasteiger partial charge in [-0.1, -0.05) is 41.9 Å². The number of hydrogen-bond acceptors (Lipinski definition) is 8. The zero-order chi connectivity index (χ0) is 24.3. The van der Waals surface area contributed by atoms with E-state index in [1.54, 1.807) is 30.3 Å². The third kappa shape index (κ3) is 4.83. The van der Waals surface area contributed by atoms with E-state index in [9.17, 15) is 29.3 Å². The molecule has 0 saturated carbocycles. The quantitative estimate of drug-likeness (QED) is 0.236. The summed E-state index contributed by atoms with van der Waals surface area (Å²) in [6.45, 7) is -0.932. The number of nitrogen functional groups attached to an aromatic ring is 1. The van der Waals surface area contributed by atoms with Crippen molar-refractivity contribution in [3.05, 3.63) is 101 Å². The highest BCUT2D eigenvalue weighted by molar-refractivity contribution is 6.31. The average molecular weight is 473 g/mol. The second-order valence-corrected chi connectivity index (χ2v) is 7.33. The van der Waals surface area contributed by atoms with Gasteiger partial charge in [0.05, 0.1) is 11.5 Å². The highest BCUT2D eigenvalue weighted by Gasteiger charge is 2.26. The molecule has 1 heterocycles. The van der Waals surface area contributed by atoms with E-state index in [1.807, 2.05) is 0 Å². The molecule has 0 unspecified atom stereocenters. The van der Waals surface area contributed by atoms with E-state index in [0.29, 0.717) is 5.56 Å². The van der Waals surface area contributed by atoms with Crippen molar-refractivity contribution in [2.45, 2.75) is 6.54 Å². The van der Waals surface area contributed by atoms with E-state index in [0.717, 1.165) is 21.3 Å². The van der Waals surface area contributed by atoms with Crippen LogP contribution >= 0.6 is 11.6 Å². The maximum Gasteiger partial charge on any atom is 0.345 e. The number of nitrogens with two attached hydrogens (primary N) is 1. The second-order valence-electron chi connectivity index (χ2n) is 6.90. The van der Waals surface area contributed by atoms with Crippen molar-refractivity contribution in [3.63, 3.8) is 0 Å². The fourth-order valence-electron chi connectivity index (χ4n) is 3.07. The van der Waals surface area contributed by atoms with Crippen LogP contribution in [0.3, 0.4) is 0 Å². The molecule has 2 N–H and O–H groups in total. The number of ether oxygens (including phenoxy) is 1. The van der Waals surface area contributed by atoms with Crippen LogP contribution in [-0.2, 0) is 18.3 Å². The predicted molar refractivity (Wildman–Crippen MR) is 119 cm³/mol. The summed E-state index contributed by atoms with van der Waals surface area (Å²) in [6.07, 6.45) is 0. The number of esters is 1. The third-order valence-corrected chi connectivity index (χ3v) is 4.99. The van der Waals surface area contributed by atoms with Crippen molar-refractivity contribution in [1.29, 1.82) is 0 Å². The Morgan fingerprint density at radius 3 is 2.45 bits per heavy atom. The van der Waals surface area contributed by atoms with Gasteiger partial charge in [-0.05, 0) is 17.7 Å². The topological polar surface area (TPSA) is 157 Å². The van der Waals surface area contributed by atoms with Crippen LogP contribution < -0.4 is 17.0 Å². The molecule has 2 aromatic carbocycles. The molecule has 0 bridgehead atoms. The Balaban J connectivity index is 1.90. The van der Waals surface area contributed by atoms with Gasteiger partial charge in [0.2, 0.25) is 5.78 Å². The molecule has 33 heavy (non-hydrogen) atoms. The lowest BCUT2D eigenvalue weighted by Gasteiger charge is -2.14. The molecule has 170 valence electrons. The highest BCUT2D eigenvalue weighted by atomic mass is 35.5. The first-order chi connectivity index (χ1) is 15.6. The van der Waals surface area contributed by atoms with Crippen LogP contribution in [0.5, 0.6) is 0 Å². The Bertz CT molecular complexity index is 1380. The normalized spacial score (nSPS) is 10.6. The number of halogens is 1. The number of nitro benzene ring substituents is 1. The summed E-state index contributed by atoms with van der Waals surface area (Å²) in [5.41, 5.74) is 3.43. The monoisotopic (exact) mass is 472 g/mol. The zero-order valence-corrected chi connectivity index (χ0v) is 17.9. The maximum atomic E-state index is 12.7. The molecule has 0 aliphatic heterocycles. The van der Waals surface area contributed by atoms with E-state index in [4.69, 9.17) is 22.1 Å². The van der Waals surface area contributed by atoms with Crippen molar-refractivity contribution in [1.82, 2.24) is 9.13 Å². The number of nitrogens with zero attached hydrogens (tertiary/aromatic N) is 3. The van der Waals surface area contributed by atoms with Crippen molar-refractivity contribution in [3.8, 4) is 0 Å². The highest BCUT2D eigenvalue weighted by Crippen LogP contribution is 2.24. The number of nitro groups is 1. The fourth-order valence-corrected chi connectivity index (χ4v) is 3.24. The van der Waals surface area contributed by atoms with Crippen molar-refractivity contribution < 1.29 is 19.2 Å². The minimum Gasteiger partial charge on any atom is -0.453 e. The SMILES string of the molecule is Cn1c(=O)c(C(=O)COC(=O)c2ccc(Cl)cc2[N+](=O)[O-])c(N)n(Cc2ccccc2)c1=O. The first-order valence-corrected chi connectivity index (χ1v) is 9.77. The van der Waals surface area contributed by atoms with Gasteiger partial charge in [0.1, 0.15) is 16.9 Å². The standard InChI is InChI=1S/C21H17ClN4O7/c1-24-19(28)17(18(23)25(21(24)30)10-12-5-3-2-4-6-12)16(27)11-33-20(29)14-8-7-13(22)9-15(14)26(31)32/h2-9H,10-11,23H2,1H3. The molecule has 0 fully saturated rings. The van der Waals surface area contributed by atoms with Crippen LogP contribution in [0.1, 0.15) is 26.3 Å². The Labute approximate surface area is 190 Å². The van der Waals surface area contributed by atoms with Crippen LogP contribution in [0, 0.1) is 10.1 Å². The number of hydrogen-bond donors (Lipinski definition) is 1. The Hall–Kier alpha value is -4.25. The molecule has 0 saturated heterocycles. The maximum absolute atomic E-state index is 12.7. The lowest BCUT2D eigenvalue weighted by Crippen LogP contribution is -2.43. The molecular formula is C21H17ClN4O7. The number of benzene rings is 2. The number of carbonyl (C=O) groups is 2. The first kappa shape index (κ1) is 23.4. The Morgan fingerprint density at radius 2 is 1.82 bits per heavy atom. The second kappa shape index (κ2) is 9.49. The van der Waals surface area contributed by atoms with E-state index in [-0.39, 0.29) is 17.4 Å². The van der Waals surface area contributed by atoms with E-state index in [2.05, 4.69) is 0 Å². The summed E-state index contributed by atoms with van der Waals surface area (Å²) in [6, 6.07) is 12.1. The molecule has 0 aliphatic rings. The number of carbonyl (C=O) groups excluding carboxylic acids is 2. The fraction of sp³-hybridized carbons (Fsp3) is 0.143. The van der Waals surface area contributed by atoms with Crippen LogP contribution in [0.4, 0.5) is 11.5 Å². The molecule has 11 nitrogen and oxygen atoms in total. The van der Waals surface area contributed by atoms with Crippen LogP contribution in [0.2, 0.25) is 5.02 Å². The molecule has 0 amide bonds. The van der Waals surface area contributed by atoms with Crippen molar-refractivity contribution in [2.75, 3.05) is 12.3 Å². The number of aromatic nitrogens is 2. The smallest absolute Gasteiger partial charge is 0.345 e. The van der Waals surface area contributed by atoms with Crippen molar-refractivity contribution in [2.24, 2.45) is 7.05 Å². The van der Waals surface area contributed by atoms with Gasteiger partial charge in [-0.15, -0.1) is 0 Å². The lowest BCUT2D eigenvalue weighted by molar-refractivity contribution is -0.385. The third-order valence-electron chi connectivity index (χ3n) is 4.76.